The van der Waals surface area contributed by atoms with E-state index in [-0.39, 0.29) is 25.9 Å². The molecule has 2 aliphatic carbocycles. The summed E-state index contributed by atoms with van der Waals surface area (Å²) in [4.78, 5) is 37.3. The third-order valence-corrected chi connectivity index (χ3v) is 7.27. The van der Waals surface area contributed by atoms with E-state index < -0.39 is 30.0 Å². The lowest BCUT2D eigenvalue weighted by atomic mass is 9.98. The minimum Gasteiger partial charge on any atom is -0.497 e. The Morgan fingerprint density at radius 1 is 0.902 bits per heavy atom. The summed E-state index contributed by atoms with van der Waals surface area (Å²) >= 11 is 0. The normalized spacial score (nSPS) is 16.7. The van der Waals surface area contributed by atoms with Crippen molar-refractivity contribution < 1.29 is 38.1 Å². The molecule has 1 fully saturated rings. The zero-order valence-electron chi connectivity index (χ0n) is 23.1. The van der Waals surface area contributed by atoms with Crippen LogP contribution in [-0.2, 0) is 30.4 Å². The van der Waals surface area contributed by atoms with Gasteiger partial charge in [0.15, 0.2) is 0 Å². The van der Waals surface area contributed by atoms with E-state index in [1.165, 1.54) is 14.0 Å². The van der Waals surface area contributed by atoms with Crippen molar-refractivity contribution in [1.82, 2.24) is 10.4 Å². The van der Waals surface area contributed by atoms with Crippen molar-refractivity contribution in [3.8, 4) is 22.6 Å². The highest BCUT2D eigenvalue weighted by Gasteiger charge is 2.46. The quantitative estimate of drug-likeness (QED) is 0.220. The Kier molecular flexibility index (Phi) is 8.39. The number of carbonyl (C=O) groups is 3. The van der Waals surface area contributed by atoms with Gasteiger partial charge in [-0.05, 0) is 40.8 Å². The van der Waals surface area contributed by atoms with E-state index in [4.69, 9.17) is 23.7 Å². The minimum absolute atomic E-state index is 0.0398. The first kappa shape index (κ1) is 28.0. The number of hydrogen-bond acceptors (Lipinski definition) is 8. The lowest BCUT2D eigenvalue weighted by Gasteiger charge is -2.22. The van der Waals surface area contributed by atoms with E-state index in [9.17, 15) is 14.4 Å². The molecule has 0 saturated heterocycles. The van der Waals surface area contributed by atoms with E-state index in [1.54, 1.807) is 25.3 Å². The average molecular weight is 561 g/mol. The maximum Gasteiger partial charge on any atom is 0.426 e. The van der Waals surface area contributed by atoms with Crippen LogP contribution in [0.15, 0.2) is 66.7 Å². The molecule has 0 heterocycles. The Morgan fingerprint density at radius 2 is 1.59 bits per heavy atom. The number of amides is 2. The van der Waals surface area contributed by atoms with Crippen molar-refractivity contribution >= 4 is 18.0 Å². The second kappa shape index (κ2) is 12.3. The van der Waals surface area contributed by atoms with Gasteiger partial charge < -0.3 is 23.7 Å². The van der Waals surface area contributed by atoms with Gasteiger partial charge in [0.25, 0.3) is 0 Å². The van der Waals surface area contributed by atoms with Crippen molar-refractivity contribution in [2.24, 2.45) is 5.92 Å². The molecule has 0 aromatic heterocycles. The van der Waals surface area contributed by atoms with Gasteiger partial charge in [0, 0.05) is 24.5 Å². The molecule has 41 heavy (non-hydrogen) atoms. The predicted molar refractivity (Wildman–Crippen MR) is 148 cm³/mol. The van der Waals surface area contributed by atoms with Gasteiger partial charge in [-0.25, -0.2) is 15.2 Å². The molecule has 2 aliphatic rings. The van der Waals surface area contributed by atoms with Crippen LogP contribution < -0.4 is 14.9 Å². The Balaban J connectivity index is 1.08. The monoisotopic (exact) mass is 560 g/mol. The summed E-state index contributed by atoms with van der Waals surface area (Å²) in [5.41, 5.74) is 7.57. The Hall–Kier alpha value is -4.57. The van der Waals surface area contributed by atoms with Crippen LogP contribution in [0.2, 0.25) is 0 Å². The van der Waals surface area contributed by atoms with Gasteiger partial charge >= 0.3 is 12.1 Å². The molecule has 2 amide bonds. The van der Waals surface area contributed by atoms with E-state index in [1.807, 2.05) is 36.4 Å². The fraction of sp³-hybridized carbons (Fsp3) is 0.323. The van der Waals surface area contributed by atoms with Crippen LogP contribution in [-0.4, -0.2) is 56.6 Å². The summed E-state index contributed by atoms with van der Waals surface area (Å²) < 4.78 is 27.2. The molecule has 3 aromatic rings. The molecule has 0 radical (unpaired) electrons. The molecule has 2 unspecified atom stereocenters. The SMILES string of the molecule is COc1ccc(COC(=O)C2CC2OCN(NC(=O)OCC2c3ccccc3-c3ccccc32)C(C)=O)c(OC)c1. The Labute approximate surface area is 238 Å². The summed E-state index contributed by atoms with van der Waals surface area (Å²) in [7, 11) is 3.09. The summed E-state index contributed by atoms with van der Waals surface area (Å²) in [6.07, 6.45) is -0.743. The van der Waals surface area contributed by atoms with Crippen molar-refractivity contribution in [1.29, 1.82) is 0 Å². The molecular weight excluding hydrogens is 528 g/mol. The Bertz CT molecular complexity index is 1400. The molecule has 214 valence electrons. The van der Waals surface area contributed by atoms with E-state index >= 15 is 0 Å². The Morgan fingerprint density at radius 3 is 2.22 bits per heavy atom. The number of fused-ring (bicyclic) bond motifs is 3. The predicted octanol–water partition coefficient (Wildman–Crippen LogP) is 4.41. The zero-order chi connectivity index (χ0) is 28.9. The van der Waals surface area contributed by atoms with Crippen LogP contribution in [0.25, 0.3) is 11.1 Å². The number of esters is 1. The third kappa shape index (κ3) is 6.28. The fourth-order valence-corrected chi connectivity index (χ4v) is 4.94. The van der Waals surface area contributed by atoms with Crippen LogP contribution in [0.4, 0.5) is 4.79 Å². The third-order valence-electron chi connectivity index (χ3n) is 7.27. The van der Waals surface area contributed by atoms with Crippen LogP contribution in [0.5, 0.6) is 11.5 Å². The maximum atomic E-state index is 12.6. The highest BCUT2D eigenvalue weighted by molar-refractivity contribution is 5.80. The van der Waals surface area contributed by atoms with Gasteiger partial charge in [-0.2, -0.15) is 0 Å². The summed E-state index contributed by atoms with van der Waals surface area (Å²) in [6.45, 7) is 1.22. The van der Waals surface area contributed by atoms with Gasteiger partial charge in [-0.3, -0.25) is 9.59 Å². The second-order valence-corrected chi connectivity index (χ2v) is 9.85. The molecule has 0 bridgehead atoms. The number of hydrazine groups is 1. The van der Waals surface area contributed by atoms with Crippen molar-refractivity contribution in [3.63, 3.8) is 0 Å². The van der Waals surface area contributed by atoms with Crippen molar-refractivity contribution in [3.05, 3.63) is 83.4 Å². The number of benzene rings is 3. The van der Waals surface area contributed by atoms with E-state index in [2.05, 4.69) is 17.6 Å². The summed E-state index contributed by atoms with van der Waals surface area (Å²) in [6, 6.07) is 21.3. The molecule has 10 nitrogen and oxygen atoms in total. The zero-order valence-corrected chi connectivity index (χ0v) is 23.1. The van der Waals surface area contributed by atoms with Crippen LogP contribution in [0.1, 0.15) is 36.0 Å². The molecule has 1 saturated carbocycles. The standard InChI is InChI=1S/C31H32N2O8/c1-19(34)33(18-41-29-15-26(29)30(35)39-16-20-12-13-21(37-2)14-28(20)38-3)32-31(36)40-17-27-24-10-6-4-8-22(24)23-9-5-7-11-25(23)27/h4-14,26-27,29H,15-18H2,1-3H3,(H,32,36). The fourth-order valence-electron chi connectivity index (χ4n) is 4.94. The summed E-state index contributed by atoms with van der Waals surface area (Å²) in [5, 5.41) is 1.02. The number of ether oxygens (including phenoxy) is 5. The average Bonchev–Trinajstić information content (AvgIpc) is 3.71. The molecule has 2 atom stereocenters. The maximum absolute atomic E-state index is 12.6. The minimum atomic E-state index is -0.772. The highest BCUT2D eigenvalue weighted by Crippen LogP contribution is 2.44. The lowest BCUT2D eigenvalue weighted by Crippen LogP contribution is -2.47. The molecule has 0 spiro atoms. The van der Waals surface area contributed by atoms with Gasteiger partial charge in [0.05, 0.1) is 26.2 Å². The van der Waals surface area contributed by atoms with Gasteiger partial charge in [0.2, 0.25) is 5.91 Å². The molecule has 1 N–H and O–H groups in total. The topological polar surface area (TPSA) is 113 Å². The number of hydrogen-bond donors (Lipinski definition) is 1. The second-order valence-electron chi connectivity index (χ2n) is 9.85. The first-order valence-electron chi connectivity index (χ1n) is 13.3. The van der Waals surface area contributed by atoms with Crippen molar-refractivity contribution in [2.45, 2.75) is 32.0 Å². The first-order valence-corrected chi connectivity index (χ1v) is 13.3. The van der Waals surface area contributed by atoms with Gasteiger partial charge in [-0.1, -0.05) is 48.5 Å². The summed E-state index contributed by atoms with van der Waals surface area (Å²) in [5.74, 6) is -0.225. The molecular formula is C31H32N2O8. The van der Waals surface area contributed by atoms with E-state index in [0.29, 0.717) is 23.5 Å². The molecule has 0 aliphatic heterocycles. The number of rotatable bonds is 10. The first-order chi connectivity index (χ1) is 19.9. The largest absolute Gasteiger partial charge is 0.497 e. The van der Waals surface area contributed by atoms with Gasteiger partial charge in [-0.15, -0.1) is 0 Å². The smallest absolute Gasteiger partial charge is 0.426 e. The molecule has 3 aromatic carbocycles. The number of methoxy groups -OCH3 is 2. The van der Waals surface area contributed by atoms with Gasteiger partial charge in [0.1, 0.15) is 31.4 Å². The number of carbonyl (C=O) groups excluding carboxylic acids is 3. The van der Waals surface area contributed by atoms with Crippen LogP contribution >= 0.6 is 0 Å². The van der Waals surface area contributed by atoms with Crippen LogP contribution in [0, 0.1) is 5.92 Å². The molecule has 5 rings (SSSR count). The molecule has 10 heteroatoms. The van der Waals surface area contributed by atoms with E-state index in [0.717, 1.165) is 27.3 Å². The number of nitrogens with one attached hydrogen (secondary N) is 1. The lowest BCUT2D eigenvalue weighted by molar-refractivity contribution is -0.148. The highest BCUT2D eigenvalue weighted by atomic mass is 16.6. The van der Waals surface area contributed by atoms with Crippen molar-refractivity contribution in [2.75, 3.05) is 27.6 Å². The number of nitrogens with zero attached hydrogens (tertiary/aromatic N) is 1. The van der Waals surface area contributed by atoms with Crippen LogP contribution in [0.3, 0.4) is 0 Å².